The van der Waals surface area contributed by atoms with Crippen LogP contribution in [0, 0.1) is 0 Å². The Balaban J connectivity index is 1.89. The first-order valence-corrected chi connectivity index (χ1v) is 6.88. The van der Waals surface area contributed by atoms with Gasteiger partial charge in [-0.25, -0.2) is 9.97 Å². The third-order valence-electron chi connectivity index (χ3n) is 3.96. The molecule has 0 atom stereocenters. The third kappa shape index (κ3) is 2.42. The van der Waals surface area contributed by atoms with E-state index in [-0.39, 0.29) is 5.54 Å². The Hall–Kier alpha value is -1.62. The second-order valence-electron chi connectivity index (χ2n) is 5.86. The molecule has 2 heterocycles. The highest BCUT2D eigenvalue weighted by molar-refractivity contribution is 5.73. The molecule has 2 aromatic rings. The molecule has 5 nitrogen and oxygen atoms in total. The normalized spacial score (nSPS) is 18.1. The van der Waals surface area contributed by atoms with Gasteiger partial charge in [0, 0.05) is 26.1 Å². The molecule has 19 heavy (non-hydrogen) atoms. The SMILES string of the molecule is CN(C)c1ccc2[nH]c(CC3(N)CCCC3)nc2n1. The minimum absolute atomic E-state index is 0.0712. The summed E-state index contributed by atoms with van der Waals surface area (Å²) in [6, 6.07) is 4.03. The van der Waals surface area contributed by atoms with Crippen LogP contribution < -0.4 is 10.6 Å². The number of rotatable bonds is 3. The zero-order chi connectivity index (χ0) is 13.5. The average Bonchev–Trinajstić information content (AvgIpc) is 2.94. The summed E-state index contributed by atoms with van der Waals surface area (Å²) in [7, 11) is 3.96. The summed E-state index contributed by atoms with van der Waals surface area (Å²) < 4.78 is 0. The van der Waals surface area contributed by atoms with Crippen LogP contribution in [0.4, 0.5) is 5.82 Å². The maximum atomic E-state index is 6.40. The van der Waals surface area contributed by atoms with Crippen LogP contribution in [0.15, 0.2) is 12.1 Å². The van der Waals surface area contributed by atoms with Crippen molar-refractivity contribution >= 4 is 17.0 Å². The first kappa shape index (κ1) is 12.4. The number of nitrogens with zero attached hydrogens (tertiary/aromatic N) is 3. The van der Waals surface area contributed by atoms with Crippen LogP contribution in [0.25, 0.3) is 11.2 Å². The molecule has 1 aliphatic carbocycles. The first-order chi connectivity index (χ1) is 9.06. The summed E-state index contributed by atoms with van der Waals surface area (Å²) in [5, 5.41) is 0. The molecule has 0 saturated heterocycles. The van der Waals surface area contributed by atoms with Crippen molar-refractivity contribution in [3.8, 4) is 0 Å². The van der Waals surface area contributed by atoms with Crippen molar-refractivity contribution < 1.29 is 0 Å². The van der Waals surface area contributed by atoms with Gasteiger partial charge < -0.3 is 15.6 Å². The number of nitrogens with one attached hydrogen (secondary N) is 1. The van der Waals surface area contributed by atoms with Gasteiger partial charge in [-0.05, 0) is 25.0 Å². The zero-order valence-electron chi connectivity index (χ0n) is 11.6. The highest BCUT2D eigenvalue weighted by atomic mass is 15.1. The summed E-state index contributed by atoms with van der Waals surface area (Å²) >= 11 is 0. The number of aromatic nitrogens is 3. The second kappa shape index (κ2) is 4.49. The molecule has 5 heteroatoms. The summed E-state index contributed by atoms with van der Waals surface area (Å²) in [6.45, 7) is 0. The summed E-state index contributed by atoms with van der Waals surface area (Å²) in [4.78, 5) is 14.4. The van der Waals surface area contributed by atoms with Crippen LogP contribution in [-0.4, -0.2) is 34.6 Å². The fourth-order valence-corrected chi connectivity index (χ4v) is 2.85. The molecule has 0 aliphatic heterocycles. The topological polar surface area (TPSA) is 70.8 Å². The molecule has 0 bridgehead atoms. The lowest BCUT2D eigenvalue weighted by Crippen LogP contribution is -2.39. The molecule has 0 unspecified atom stereocenters. The third-order valence-corrected chi connectivity index (χ3v) is 3.96. The smallest absolute Gasteiger partial charge is 0.179 e. The van der Waals surface area contributed by atoms with E-state index in [1.807, 2.05) is 31.1 Å². The number of H-pyrrole nitrogens is 1. The van der Waals surface area contributed by atoms with Gasteiger partial charge in [-0.3, -0.25) is 0 Å². The average molecular weight is 259 g/mol. The lowest BCUT2D eigenvalue weighted by atomic mass is 9.94. The van der Waals surface area contributed by atoms with Gasteiger partial charge in [0.15, 0.2) is 5.65 Å². The quantitative estimate of drug-likeness (QED) is 0.882. The maximum absolute atomic E-state index is 6.40. The highest BCUT2D eigenvalue weighted by Crippen LogP contribution is 2.30. The van der Waals surface area contributed by atoms with Gasteiger partial charge in [0.1, 0.15) is 11.6 Å². The number of nitrogens with two attached hydrogens (primary N) is 1. The van der Waals surface area contributed by atoms with Crippen LogP contribution in [-0.2, 0) is 6.42 Å². The van der Waals surface area contributed by atoms with Gasteiger partial charge in [-0.2, -0.15) is 0 Å². The zero-order valence-corrected chi connectivity index (χ0v) is 11.6. The van der Waals surface area contributed by atoms with Crippen molar-refractivity contribution in [1.29, 1.82) is 0 Å². The summed E-state index contributed by atoms with van der Waals surface area (Å²) in [5.74, 6) is 1.89. The van der Waals surface area contributed by atoms with Crippen molar-refractivity contribution in [3.05, 3.63) is 18.0 Å². The predicted octanol–water partition coefficient (Wildman–Crippen LogP) is 1.84. The molecule has 102 valence electrons. The Labute approximate surface area is 113 Å². The molecule has 1 saturated carbocycles. The van der Waals surface area contributed by atoms with E-state index >= 15 is 0 Å². The summed E-state index contributed by atoms with van der Waals surface area (Å²) in [5.41, 5.74) is 8.10. The van der Waals surface area contributed by atoms with Crippen molar-refractivity contribution in [2.75, 3.05) is 19.0 Å². The maximum Gasteiger partial charge on any atom is 0.179 e. The van der Waals surface area contributed by atoms with E-state index < -0.39 is 0 Å². The Morgan fingerprint density at radius 3 is 2.68 bits per heavy atom. The molecule has 0 spiro atoms. The van der Waals surface area contributed by atoms with Crippen LogP contribution in [0.3, 0.4) is 0 Å². The largest absolute Gasteiger partial charge is 0.363 e. The number of hydrogen-bond donors (Lipinski definition) is 2. The first-order valence-electron chi connectivity index (χ1n) is 6.88. The number of hydrogen-bond acceptors (Lipinski definition) is 4. The van der Waals surface area contributed by atoms with Gasteiger partial charge in [0.05, 0.1) is 5.52 Å². The molecule has 2 aromatic heterocycles. The molecule has 1 fully saturated rings. The number of imidazole rings is 1. The van der Waals surface area contributed by atoms with Crippen LogP contribution in [0.1, 0.15) is 31.5 Å². The lowest BCUT2D eigenvalue weighted by Gasteiger charge is -2.21. The minimum atomic E-state index is -0.0712. The predicted molar refractivity (Wildman–Crippen MR) is 77.3 cm³/mol. The van der Waals surface area contributed by atoms with Crippen LogP contribution in [0.2, 0.25) is 0 Å². The Kier molecular flexibility index (Phi) is 2.93. The molecule has 3 rings (SSSR count). The van der Waals surface area contributed by atoms with Gasteiger partial charge in [0.2, 0.25) is 0 Å². The molecule has 1 aliphatic rings. The fourth-order valence-electron chi connectivity index (χ4n) is 2.85. The van der Waals surface area contributed by atoms with E-state index in [1.54, 1.807) is 0 Å². The number of fused-ring (bicyclic) bond motifs is 1. The molecular formula is C14H21N5. The van der Waals surface area contributed by atoms with Crippen LogP contribution in [0.5, 0.6) is 0 Å². The standard InChI is InChI=1S/C14H21N5/c1-19(2)12-6-5-10-13(18-12)17-11(16-10)9-14(15)7-3-4-8-14/h5-6H,3-4,7-9,15H2,1-2H3,(H,16,17,18). The molecule has 0 radical (unpaired) electrons. The fraction of sp³-hybridized carbons (Fsp3) is 0.571. The van der Waals surface area contributed by atoms with Gasteiger partial charge in [-0.15, -0.1) is 0 Å². The van der Waals surface area contributed by atoms with Crippen molar-refractivity contribution in [1.82, 2.24) is 15.0 Å². The van der Waals surface area contributed by atoms with Crippen molar-refractivity contribution in [3.63, 3.8) is 0 Å². The van der Waals surface area contributed by atoms with Crippen molar-refractivity contribution in [2.45, 2.75) is 37.6 Å². The van der Waals surface area contributed by atoms with E-state index in [0.717, 1.165) is 42.1 Å². The monoisotopic (exact) mass is 259 g/mol. The number of aromatic amines is 1. The van der Waals surface area contributed by atoms with E-state index in [1.165, 1.54) is 12.8 Å². The summed E-state index contributed by atoms with van der Waals surface area (Å²) in [6.07, 6.45) is 5.49. The Morgan fingerprint density at radius 1 is 1.26 bits per heavy atom. The lowest BCUT2D eigenvalue weighted by molar-refractivity contribution is 0.428. The van der Waals surface area contributed by atoms with Gasteiger partial charge in [0.25, 0.3) is 0 Å². The van der Waals surface area contributed by atoms with E-state index in [0.29, 0.717) is 0 Å². The molecule has 0 aromatic carbocycles. The minimum Gasteiger partial charge on any atom is -0.363 e. The van der Waals surface area contributed by atoms with Gasteiger partial charge in [-0.1, -0.05) is 12.8 Å². The number of anilines is 1. The van der Waals surface area contributed by atoms with E-state index in [4.69, 9.17) is 5.73 Å². The van der Waals surface area contributed by atoms with Gasteiger partial charge >= 0.3 is 0 Å². The highest BCUT2D eigenvalue weighted by Gasteiger charge is 2.30. The molecule has 0 amide bonds. The molecule has 3 N–H and O–H groups in total. The van der Waals surface area contributed by atoms with E-state index in [2.05, 4.69) is 15.0 Å². The Bertz CT molecular complexity index is 581. The second-order valence-corrected chi connectivity index (χ2v) is 5.86. The van der Waals surface area contributed by atoms with Crippen molar-refractivity contribution in [2.24, 2.45) is 5.73 Å². The van der Waals surface area contributed by atoms with E-state index in [9.17, 15) is 0 Å². The number of pyridine rings is 1. The Morgan fingerprint density at radius 2 is 2.00 bits per heavy atom. The van der Waals surface area contributed by atoms with Crippen LogP contribution >= 0.6 is 0 Å². The molecular weight excluding hydrogens is 238 g/mol.